The van der Waals surface area contributed by atoms with Crippen molar-refractivity contribution in [2.45, 2.75) is 13.8 Å². The maximum Gasteiger partial charge on any atom is 0.121 e. The minimum Gasteiger partial charge on any atom is -0.496 e. The second-order valence-corrected chi connectivity index (χ2v) is 3.66. The van der Waals surface area contributed by atoms with E-state index in [1.807, 2.05) is 38.4 Å². The van der Waals surface area contributed by atoms with Gasteiger partial charge in [0.25, 0.3) is 0 Å². The second-order valence-electron chi connectivity index (χ2n) is 3.66. The van der Waals surface area contributed by atoms with Crippen LogP contribution in [0.1, 0.15) is 18.1 Å². The Kier molecular flexibility index (Phi) is 4.11. The van der Waals surface area contributed by atoms with Crippen LogP contribution in [0.4, 0.5) is 0 Å². The summed E-state index contributed by atoms with van der Waals surface area (Å²) in [5.41, 5.74) is 3.54. The van der Waals surface area contributed by atoms with Gasteiger partial charge in [-0.25, -0.2) is 0 Å². The number of benzene rings is 1. The molecule has 0 radical (unpaired) electrons. The van der Waals surface area contributed by atoms with Gasteiger partial charge in [0.2, 0.25) is 0 Å². The van der Waals surface area contributed by atoms with Crippen LogP contribution in [0.2, 0.25) is 0 Å². The van der Waals surface area contributed by atoms with Gasteiger partial charge in [-0.2, -0.15) is 0 Å². The molecule has 0 amide bonds. The number of methoxy groups -OCH3 is 1. The highest BCUT2D eigenvalue weighted by atomic mass is 16.5. The van der Waals surface area contributed by atoms with Gasteiger partial charge in [0, 0.05) is 24.5 Å². The lowest BCUT2D eigenvalue weighted by atomic mass is 10.0. The summed E-state index contributed by atoms with van der Waals surface area (Å²) in [7, 11) is 3.49. The molecule has 2 N–H and O–H groups in total. The zero-order valence-corrected chi connectivity index (χ0v) is 10.2. The largest absolute Gasteiger partial charge is 0.496 e. The van der Waals surface area contributed by atoms with E-state index in [1.165, 1.54) is 0 Å². The van der Waals surface area contributed by atoms with Gasteiger partial charge >= 0.3 is 0 Å². The highest BCUT2D eigenvalue weighted by Gasteiger charge is 2.06. The predicted molar refractivity (Wildman–Crippen MR) is 68.2 cm³/mol. The maximum atomic E-state index is 7.72. The summed E-state index contributed by atoms with van der Waals surface area (Å²) in [4.78, 5) is 0. The van der Waals surface area contributed by atoms with Gasteiger partial charge < -0.3 is 15.5 Å². The van der Waals surface area contributed by atoms with Crippen molar-refractivity contribution in [3.63, 3.8) is 0 Å². The van der Waals surface area contributed by atoms with Crippen molar-refractivity contribution in [1.82, 2.24) is 5.32 Å². The molecule has 1 rings (SSSR count). The maximum absolute atomic E-state index is 7.72. The molecule has 1 aromatic rings. The Labute approximate surface area is 96.6 Å². The van der Waals surface area contributed by atoms with Crippen molar-refractivity contribution >= 4 is 11.3 Å². The van der Waals surface area contributed by atoms with Crippen molar-refractivity contribution in [3.05, 3.63) is 35.5 Å². The molecular weight excluding hydrogens is 200 g/mol. The summed E-state index contributed by atoms with van der Waals surface area (Å²) in [6.07, 6.45) is 1.84. The average Bonchev–Trinajstić information content (AvgIpc) is 2.25. The highest BCUT2D eigenvalue weighted by molar-refractivity contribution is 6.21. The van der Waals surface area contributed by atoms with E-state index in [-0.39, 0.29) is 0 Å². The van der Waals surface area contributed by atoms with Crippen molar-refractivity contribution in [1.29, 1.82) is 5.41 Å². The molecule has 1 aromatic carbocycles. The Morgan fingerprint density at radius 2 is 2.12 bits per heavy atom. The van der Waals surface area contributed by atoms with E-state index < -0.39 is 0 Å². The van der Waals surface area contributed by atoms with Crippen LogP contribution in [-0.2, 0) is 0 Å². The van der Waals surface area contributed by atoms with E-state index in [4.69, 9.17) is 10.1 Å². The van der Waals surface area contributed by atoms with E-state index in [0.29, 0.717) is 5.71 Å². The molecule has 0 aliphatic heterocycles. The first kappa shape index (κ1) is 12.3. The van der Waals surface area contributed by atoms with Crippen molar-refractivity contribution in [3.8, 4) is 5.75 Å². The van der Waals surface area contributed by atoms with Gasteiger partial charge in [0.15, 0.2) is 0 Å². The minimum atomic E-state index is 0.541. The van der Waals surface area contributed by atoms with Crippen LogP contribution in [0.3, 0.4) is 0 Å². The van der Waals surface area contributed by atoms with Gasteiger partial charge in [-0.1, -0.05) is 6.07 Å². The summed E-state index contributed by atoms with van der Waals surface area (Å²) in [5.74, 6) is 0.871. The first-order valence-corrected chi connectivity index (χ1v) is 5.18. The number of allylic oxidation sites excluding steroid dienone is 1. The third-order valence-corrected chi connectivity index (χ3v) is 2.40. The van der Waals surface area contributed by atoms with E-state index in [2.05, 4.69) is 5.32 Å². The minimum absolute atomic E-state index is 0.541. The number of nitrogens with one attached hydrogen (secondary N) is 2. The number of hydrogen-bond donors (Lipinski definition) is 2. The molecular formula is C13H18N2O. The topological polar surface area (TPSA) is 45.1 Å². The molecule has 0 atom stereocenters. The van der Waals surface area contributed by atoms with Crippen LogP contribution >= 0.6 is 0 Å². The van der Waals surface area contributed by atoms with E-state index >= 15 is 0 Å². The fourth-order valence-electron chi connectivity index (χ4n) is 1.60. The van der Waals surface area contributed by atoms with E-state index in [1.54, 1.807) is 14.0 Å². The molecule has 16 heavy (non-hydrogen) atoms. The summed E-state index contributed by atoms with van der Waals surface area (Å²) >= 11 is 0. The molecule has 0 saturated carbocycles. The van der Waals surface area contributed by atoms with Crippen molar-refractivity contribution in [2.75, 3.05) is 14.2 Å². The Bertz CT molecular complexity index is 422. The highest BCUT2D eigenvalue weighted by Crippen LogP contribution is 2.23. The van der Waals surface area contributed by atoms with Crippen molar-refractivity contribution in [2.24, 2.45) is 0 Å². The van der Waals surface area contributed by atoms with E-state index in [0.717, 1.165) is 22.4 Å². The van der Waals surface area contributed by atoms with Crippen LogP contribution in [0.15, 0.2) is 24.4 Å². The van der Waals surface area contributed by atoms with Gasteiger partial charge in [0.1, 0.15) is 5.75 Å². The molecule has 3 heteroatoms. The van der Waals surface area contributed by atoms with Gasteiger partial charge in [-0.15, -0.1) is 0 Å². The zero-order valence-electron chi connectivity index (χ0n) is 10.2. The number of hydrogen-bond acceptors (Lipinski definition) is 3. The Hall–Kier alpha value is -1.77. The van der Waals surface area contributed by atoms with Crippen LogP contribution in [0.5, 0.6) is 5.75 Å². The quantitative estimate of drug-likeness (QED) is 0.763. The number of rotatable bonds is 4. The molecule has 0 heterocycles. The van der Waals surface area contributed by atoms with Crippen LogP contribution in [0.25, 0.3) is 5.57 Å². The Morgan fingerprint density at radius 1 is 1.44 bits per heavy atom. The summed E-state index contributed by atoms with van der Waals surface area (Å²) < 4.78 is 5.21. The standard InChI is InChI=1S/C13H18N2O/c1-9-7-11(5-6-13(9)16-4)12(8-15-3)10(2)14/h5-8,14-15H,1-4H3/b12-8+,14-10?. The van der Waals surface area contributed by atoms with Gasteiger partial charge in [0.05, 0.1) is 7.11 Å². The number of ether oxygens (including phenoxy) is 1. The van der Waals surface area contributed by atoms with Crippen LogP contribution in [-0.4, -0.2) is 19.9 Å². The molecule has 0 aliphatic carbocycles. The van der Waals surface area contributed by atoms with Gasteiger partial charge in [-0.05, 0) is 37.1 Å². The molecule has 0 spiro atoms. The Morgan fingerprint density at radius 3 is 2.56 bits per heavy atom. The predicted octanol–water partition coefficient (Wildman–Crippen LogP) is 2.60. The monoisotopic (exact) mass is 218 g/mol. The Balaban J connectivity index is 3.17. The molecule has 0 saturated heterocycles. The summed E-state index contributed by atoms with van der Waals surface area (Å²) in [5, 5.41) is 10.7. The second kappa shape index (κ2) is 5.35. The summed E-state index contributed by atoms with van der Waals surface area (Å²) in [6.45, 7) is 3.78. The third kappa shape index (κ3) is 2.63. The first-order valence-electron chi connectivity index (χ1n) is 5.18. The summed E-state index contributed by atoms with van der Waals surface area (Å²) in [6, 6.07) is 5.92. The average molecular weight is 218 g/mol. The molecule has 0 aromatic heterocycles. The van der Waals surface area contributed by atoms with Crippen LogP contribution in [0, 0.1) is 12.3 Å². The third-order valence-electron chi connectivity index (χ3n) is 2.40. The van der Waals surface area contributed by atoms with E-state index in [9.17, 15) is 0 Å². The molecule has 0 fully saturated rings. The molecule has 3 nitrogen and oxygen atoms in total. The lowest BCUT2D eigenvalue weighted by molar-refractivity contribution is 0.411. The first-order chi connectivity index (χ1) is 7.60. The lowest BCUT2D eigenvalue weighted by Crippen LogP contribution is -2.02. The molecule has 0 aliphatic rings. The normalized spacial score (nSPS) is 11.1. The molecule has 0 unspecified atom stereocenters. The van der Waals surface area contributed by atoms with Crippen molar-refractivity contribution < 1.29 is 4.74 Å². The SMILES string of the molecule is CN/C=C(\C(C)=N)c1ccc(OC)c(C)c1. The number of aryl methyl sites for hydroxylation is 1. The zero-order chi connectivity index (χ0) is 12.1. The smallest absolute Gasteiger partial charge is 0.121 e. The molecule has 86 valence electrons. The fraction of sp³-hybridized carbons (Fsp3) is 0.308. The van der Waals surface area contributed by atoms with Gasteiger partial charge in [-0.3, -0.25) is 0 Å². The molecule has 0 bridgehead atoms. The fourth-order valence-corrected chi connectivity index (χ4v) is 1.60. The van der Waals surface area contributed by atoms with Crippen LogP contribution < -0.4 is 10.1 Å². The lowest BCUT2D eigenvalue weighted by Gasteiger charge is -2.10.